The van der Waals surface area contributed by atoms with Gasteiger partial charge in [-0.1, -0.05) is 18.9 Å². The molecule has 2 amide bonds. The Kier molecular flexibility index (Phi) is 5.59. The number of carbonyl (C=O) groups excluding carboxylic acids is 2. The number of benzene rings is 1. The van der Waals surface area contributed by atoms with Crippen LogP contribution < -0.4 is 19.7 Å². The van der Waals surface area contributed by atoms with Crippen molar-refractivity contribution in [3.8, 4) is 11.5 Å². The molecule has 2 aromatic rings. The lowest BCUT2D eigenvalue weighted by atomic mass is 10.1. The topological polar surface area (TPSA) is 67.9 Å². The van der Waals surface area contributed by atoms with Crippen molar-refractivity contribution in [2.24, 2.45) is 0 Å². The maximum Gasteiger partial charge on any atom is 0.471 e. The summed E-state index contributed by atoms with van der Waals surface area (Å²) >= 11 is 1.12. The molecule has 2 aliphatic rings. The first-order valence-electron chi connectivity index (χ1n) is 9.48. The first-order chi connectivity index (χ1) is 14.3. The van der Waals surface area contributed by atoms with Crippen molar-refractivity contribution in [3.05, 3.63) is 40.6 Å². The highest BCUT2D eigenvalue weighted by Crippen LogP contribution is 2.40. The van der Waals surface area contributed by atoms with Gasteiger partial charge in [0.1, 0.15) is 0 Å². The third kappa shape index (κ3) is 4.09. The van der Waals surface area contributed by atoms with E-state index in [9.17, 15) is 22.8 Å². The molecular weight excluding hydrogens is 421 g/mol. The summed E-state index contributed by atoms with van der Waals surface area (Å²) in [6.45, 7) is -0.0669. The second kappa shape index (κ2) is 8.17. The second-order valence-electron chi connectivity index (χ2n) is 7.12. The van der Waals surface area contributed by atoms with Gasteiger partial charge >= 0.3 is 12.1 Å². The molecule has 160 valence electrons. The van der Waals surface area contributed by atoms with E-state index in [-0.39, 0.29) is 24.3 Å². The number of carbonyl (C=O) groups is 2. The van der Waals surface area contributed by atoms with E-state index in [1.807, 2.05) is 0 Å². The molecule has 2 heterocycles. The molecule has 4 rings (SSSR count). The Morgan fingerprint density at radius 1 is 1.13 bits per heavy atom. The number of ether oxygens (including phenoxy) is 2. The molecule has 1 aromatic heterocycles. The van der Waals surface area contributed by atoms with Crippen molar-refractivity contribution in [2.45, 2.75) is 43.9 Å². The van der Waals surface area contributed by atoms with Crippen LogP contribution in [0.4, 0.5) is 18.9 Å². The van der Waals surface area contributed by atoms with Crippen LogP contribution in [0, 0.1) is 0 Å². The average Bonchev–Trinajstić information content (AvgIpc) is 3.46. The van der Waals surface area contributed by atoms with E-state index >= 15 is 0 Å². The fraction of sp³-hybridized carbons (Fsp3) is 0.400. The van der Waals surface area contributed by atoms with E-state index in [1.165, 1.54) is 18.2 Å². The van der Waals surface area contributed by atoms with Gasteiger partial charge in [0.15, 0.2) is 17.5 Å². The van der Waals surface area contributed by atoms with E-state index in [4.69, 9.17) is 9.47 Å². The lowest BCUT2D eigenvalue weighted by Crippen LogP contribution is -2.50. The highest BCUT2D eigenvalue weighted by Gasteiger charge is 2.48. The number of nitrogens with zero attached hydrogens (tertiary/aromatic N) is 1. The van der Waals surface area contributed by atoms with Gasteiger partial charge < -0.3 is 14.8 Å². The smallest absolute Gasteiger partial charge is 0.454 e. The number of hydrogen-bond acceptors (Lipinski definition) is 5. The zero-order valence-corrected chi connectivity index (χ0v) is 16.6. The van der Waals surface area contributed by atoms with E-state index in [0.29, 0.717) is 15.5 Å². The molecule has 1 atom stereocenters. The minimum absolute atomic E-state index is 0.0669. The molecule has 1 aromatic carbocycles. The SMILES string of the molecule is O=C(NC1CCCC1)[C@@H](c1cccs1)N(C(=O)C(F)(F)F)c1ccc2c(c1)OCO2. The molecule has 1 N–H and O–H groups in total. The summed E-state index contributed by atoms with van der Waals surface area (Å²) in [6, 6.07) is 5.64. The maximum absolute atomic E-state index is 13.6. The number of anilines is 1. The molecule has 0 bridgehead atoms. The van der Waals surface area contributed by atoms with Crippen LogP contribution in [-0.2, 0) is 9.59 Å². The number of rotatable bonds is 5. The fourth-order valence-electron chi connectivity index (χ4n) is 3.73. The summed E-state index contributed by atoms with van der Waals surface area (Å²) in [5.41, 5.74) is -0.0958. The Morgan fingerprint density at radius 2 is 1.87 bits per heavy atom. The molecule has 10 heteroatoms. The molecule has 30 heavy (non-hydrogen) atoms. The quantitative estimate of drug-likeness (QED) is 0.758. The van der Waals surface area contributed by atoms with Gasteiger partial charge in [0, 0.05) is 22.7 Å². The number of nitrogens with one attached hydrogen (secondary N) is 1. The van der Waals surface area contributed by atoms with Crippen molar-refractivity contribution in [3.63, 3.8) is 0 Å². The third-order valence-corrected chi connectivity index (χ3v) is 6.04. The molecule has 1 fully saturated rings. The van der Waals surface area contributed by atoms with Gasteiger partial charge in [0.05, 0.1) is 0 Å². The van der Waals surface area contributed by atoms with Gasteiger partial charge in [0.25, 0.3) is 0 Å². The third-order valence-electron chi connectivity index (χ3n) is 5.12. The Labute approximate surface area is 174 Å². The highest BCUT2D eigenvalue weighted by molar-refractivity contribution is 7.10. The number of amides is 2. The van der Waals surface area contributed by atoms with Crippen LogP contribution in [0.2, 0.25) is 0 Å². The Morgan fingerprint density at radius 3 is 2.53 bits per heavy atom. The normalized spacial score (nSPS) is 17.0. The zero-order valence-electron chi connectivity index (χ0n) is 15.8. The van der Waals surface area contributed by atoms with Gasteiger partial charge in [-0.3, -0.25) is 14.5 Å². The van der Waals surface area contributed by atoms with Gasteiger partial charge in [0.2, 0.25) is 12.7 Å². The Bertz CT molecular complexity index is 927. The highest BCUT2D eigenvalue weighted by atomic mass is 32.1. The van der Waals surface area contributed by atoms with Crippen LogP contribution in [0.1, 0.15) is 36.6 Å². The van der Waals surface area contributed by atoms with Gasteiger partial charge in [-0.2, -0.15) is 13.2 Å². The average molecular weight is 440 g/mol. The number of fused-ring (bicyclic) bond motifs is 1. The first-order valence-corrected chi connectivity index (χ1v) is 10.4. The molecule has 0 unspecified atom stereocenters. The van der Waals surface area contributed by atoms with E-state index < -0.39 is 24.0 Å². The molecule has 1 saturated carbocycles. The number of halogens is 3. The summed E-state index contributed by atoms with van der Waals surface area (Å²) in [5, 5.41) is 4.48. The lowest BCUT2D eigenvalue weighted by Gasteiger charge is -2.32. The summed E-state index contributed by atoms with van der Waals surface area (Å²) in [6.07, 6.45) is -1.75. The summed E-state index contributed by atoms with van der Waals surface area (Å²) in [5.74, 6) is -2.18. The van der Waals surface area contributed by atoms with E-state index in [1.54, 1.807) is 17.5 Å². The van der Waals surface area contributed by atoms with Crippen LogP contribution in [0.25, 0.3) is 0 Å². The van der Waals surface area contributed by atoms with Crippen LogP contribution in [0.3, 0.4) is 0 Å². The largest absolute Gasteiger partial charge is 0.471 e. The van der Waals surface area contributed by atoms with Crippen molar-refractivity contribution < 1.29 is 32.2 Å². The van der Waals surface area contributed by atoms with Crippen LogP contribution >= 0.6 is 11.3 Å². The molecular formula is C20H19F3N2O4S. The number of hydrogen-bond donors (Lipinski definition) is 1. The predicted octanol–water partition coefficient (Wildman–Crippen LogP) is 4.17. The predicted molar refractivity (Wildman–Crippen MR) is 104 cm³/mol. The Balaban J connectivity index is 1.76. The lowest BCUT2D eigenvalue weighted by molar-refractivity contribution is -0.171. The molecule has 6 nitrogen and oxygen atoms in total. The van der Waals surface area contributed by atoms with Crippen molar-refractivity contribution in [1.29, 1.82) is 0 Å². The minimum atomic E-state index is -5.17. The van der Waals surface area contributed by atoms with Crippen molar-refractivity contribution in [2.75, 3.05) is 11.7 Å². The summed E-state index contributed by atoms with van der Waals surface area (Å²) in [7, 11) is 0. The monoisotopic (exact) mass is 440 g/mol. The molecule has 1 aliphatic heterocycles. The molecule has 0 radical (unpaired) electrons. The number of alkyl halides is 3. The minimum Gasteiger partial charge on any atom is -0.454 e. The van der Waals surface area contributed by atoms with Crippen LogP contribution in [0.15, 0.2) is 35.7 Å². The van der Waals surface area contributed by atoms with Crippen molar-refractivity contribution >= 4 is 28.8 Å². The molecule has 0 saturated heterocycles. The van der Waals surface area contributed by atoms with Crippen LogP contribution in [-0.4, -0.2) is 30.8 Å². The summed E-state index contributed by atoms with van der Waals surface area (Å²) in [4.78, 5) is 26.5. The zero-order chi connectivity index (χ0) is 21.3. The summed E-state index contributed by atoms with van der Waals surface area (Å²) < 4.78 is 51.1. The van der Waals surface area contributed by atoms with Gasteiger partial charge in [-0.05, 0) is 36.4 Å². The second-order valence-corrected chi connectivity index (χ2v) is 8.10. The van der Waals surface area contributed by atoms with Gasteiger partial charge in [-0.25, -0.2) is 0 Å². The van der Waals surface area contributed by atoms with Crippen LogP contribution in [0.5, 0.6) is 11.5 Å². The van der Waals surface area contributed by atoms with E-state index in [0.717, 1.165) is 37.0 Å². The standard InChI is InChI=1S/C20H19F3N2O4S/c21-20(22,23)19(27)25(13-7-8-14-15(10-13)29-11-28-14)17(16-6-3-9-30-16)18(26)24-12-4-1-2-5-12/h3,6-10,12,17H,1-2,4-5,11H2,(H,24,26)/t17-/m1/s1. The van der Waals surface area contributed by atoms with E-state index in [2.05, 4.69) is 5.32 Å². The van der Waals surface area contributed by atoms with Crippen molar-refractivity contribution in [1.82, 2.24) is 5.32 Å². The van der Waals surface area contributed by atoms with Gasteiger partial charge in [-0.15, -0.1) is 11.3 Å². The number of thiophene rings is 1. The molecule has 1 aliphatic carbocycles. The maximum atomic E-state index is 13.6. The first kappa shape index (κ1) is 20.5. The molecule has 0 spiro atoms. The fourth-order valence-corrected chi connectivity index (χ4v) is 4.54. The Hall–Kier alpha value is -2.75.